The lowest BCUT2D eigenvalue weighted by Gasteiger charge is -2.05. The Morgan fingerprint density at radius 3 is 2.71 bits per heavy atom. The van der Waals surface area contributed by atoms with E-state index in [0.717, 1.165) is 5.57 Å². The van der Waals surface area contributed by atoms with Crippen LogP contribution in [0.3, 0.4) is 0 Å². The number of allylic oxidation sites excluding steroid dienone is 1. The summed E-state index contributed by atoms with van der Waals surface area (Å²) in [5.41, 5.74) is 6.96. The van der Waals surface area contributed by atoms with Gasteiger partial charge in [0.25, 0.3) is 5.91 Å². The van der Waals surface area contributed by atoms with Crippen molar-refractivity contribution in [2.45, 2.75) is 13.8 Å². The molecular weight excluding hydrogens is 178 g/mol. The highest BCUT2D eigenvalue weighted by molar-refractivity contribution is 5.94. The fourth-order valence-electron chi connectivity index (χ4n) is 0.817. The minimum atomic E-state index is -0.239. The van der Waals surface area contributed by atoms with Gasteiger partial charge in [-0.05, 0) is 31.6 Å². The zero-order valence-electron chi connectivity index (χ0n) is 8.24. The third-order valence-electron chi connectivity index (χ3n) is 1.71. The maximum Gasteiger partial charge on any atom is 0.258 e. The standard InChI is InChI=1S/C10H13N3O/c1-7(2)9(11)13-10(14)8-4-3-5-12-6-8/h3-6H,11H2,1-2H3,(H,13,14). The summed E-state index contributed by atoms with van der Waals surface area (Å²) >= 11 is 0. The van der Waals surface area contributed by atoms with E-state index in [2.05, 4.69) is 10.3 Å². The molecule has 0 aliphatic rings. The number of rotatable bonds is 2. The molecule has 14 heavy (non-hydrogen) atoms. The Hall–Kier alpha value is -1.84. The normalized spacial score (nSPS) is 9.29. The van der Waals surface area contributed by atoms with Crippen molar-refractivity contribution in [2.24, 2.45) is 5.73 Å². The fourth-order valence-corrected chi connectivity index (χ4v) is 0.817. The van der Waals surface area contributed by atoms with Crippen molar-refractivity contribution in [2.75, 3.05) is 0 Å². The van der Waals surface area contributed by atoms with Crippen LogP contribution in [0.1, 0.15) is 24.2 Å². The molecule has 0 unspecified atom stereocenters. The number of nitrogens with one attached hydrogen (secondary N) is 1. The van der Waals surface area contributed by atoms with E-state index in [4.69, 9.17) is 5.73 Å². The van der Waals surface area contributed by atoms with Crippen LogP contribution in [-0.2, 0) is 0 Å². The van der Waals surface area contributed by atoms with Crippen molar-refractivity contribution in [3.63, 3.8) is 0 Å². The molecule has 0 fully saturated rings. The maximum atomic E-state index is 11.5. The number of hydrogen-bond acceptors (Lipinski definition) is 3. The smallest absolute Gasteiger partial charge is 0.258 e. The molecule has 0 radical (unpaired) electrons. The average molecular weight is 191 g/mol. The van der Waals surface area contributed by atoms with Crippen LogP contribution in [0.4, 0.5) is 0 Å². The summed E-state index contributed by atoms with van der Waals surface area (Å²) < 4.78 is 0. The Morgan fingerprint density at radius 2 is 2.21 bits per heavy atom. The van der Waals surface area contributed by atoms with Crippen LogP contribution >= 0.6 is 0 Å². The Kier molecular flexibility index (Phi) is 3.23. The second-order valence-corrected chi connectivity index (χ2v) is 3.11. The molecule has 0 saturated heterocycles. The Labute approximate surface area is 82.8 Å². The molecule has 1 rings (SSSR count). The van der Waals surface area contributed by atoms with E-state index < -0.39 is 0 Å². The molecule has 4 heteroatoms. The lowest BCUT2D eigenvalue weighted by Crippen LogP contribution is -2.28. The number of amides is 1. The van der Waals surface area contributed by atoms with Gasteiger partial charge in [0, 0.05) is 12.4 Å². The Morgan fingerprint density at radius 1 is 1.50 bits per heavy atom. The topological polar surface area (TPSA) is 68.0 Å². The van der Waals surface area contributed by atoms with Crippen LogP contribution in [0.2, 0.25) is 0 Å². The van der Waals surface area contributed by atoms with E-state index in [1.807, 2.05) is 13.8 Å². The van der Waals surface area contributed by atoms with Crippen LogP contribution in [0, 0.1) is 0 Å². The highest BCUT2D eigenvalue weighted by atomic mass is 16.1. The van der Waals surface area contributed by atoms with Crippen molar-refractivity contribution >= 4 is 5.91 Å². The molecule has 0 atom stereocenters. The first-order valence-corrected chi connectivity index (χ1v) is 4.25. The number of nitrogens with zero attached hydrogens (tertiary/aromatic N) is 1. The van der Waals surface area contributed by atoms with E-state index >= 15 is 0 Å². The first-order valence-electron chi connectivity index (χ1n) is 4.25. The van der Waals surface area contributed by atoms with Crippen molar-refractivity contribution in [1.82, 2.24) is 10.3 Å². The summed E-state index contributed by atoms with van der Waals surface area (Å²) in [7, 11) is 0. The number of aromatic nitrogens is 1. The molecule has 1 aromatic rings. The van der Waals surface area contributed by atoms with Gasteiger partial charge in [0.15, 0.2) is 0 Å². The largest absolute Gasteiger partial charge is 0.385 e. The molecule has 1 aromatic heterocycles. The average Bonchev–Trinajstić information content (AvgIpc) is 2.19. The van der Waals surface area contributed by atoms with Gasteiger partial charge in [0.05, 0.1) is 5.56 Å². The number of hydrogen-bond donors (Lipinski definition) is 2. The van der Waals surface area contributed by atoms with Gasteiger partial charge in [-0.15, -0.1) is 0 Å². The van der Waals surface area contributed by atoms with Gasteiger partial charge >= 0.3 is 0 Å². The second-order valence-electron chi connectivity index (χ2n) is 3.11. The second kappa shape index (κ2) is 4.41. The molecular formula is C10H13N3O. The lowest BCUT2D eigenvalue weighted by molar-refractivity contribution is 0.0964. The molecule has 1 amide bonds. The molecule has 4 nitrogen and oxygen atoms in total. The fraction of sp³-hybridized carbons (Fsp3) is 0.200. The first kappa shape index (κ1) is 10.2. The summed E-state index contributed by atoms with van der Waals surface area (Å²) in [5, 5.41) is 2.57. The quantitative estimate of drug-likeness (QED) is 0.733. The van der Waals surface area contributed by atoms with Crippen molar-refractivity contribution < 1.29 is 4.79 Å². The van der Waals surface area contributed by atoms with Crippen LogP contribution in [-0.4, -0.2) is 10.9 Å². The molecule has 0 aliphatic carbocycles. The van der Waals surface area contributed by atoms with Gasteiger partial charge in [-0.3, -0.25) is 9.78 Å². The third-order valence-corrected chi connectivity index (χ3v) is 1.71. The van der Waals surface area contributed by atoms with Crippen LogP contribution in [0.5, 0.6) is 0 Å². The number of pyridine rings is 1. The predicted octanol–water partition coefficient (Wildman–Crippen LogP) is 1.02. The summed E-state index contributed by atoms with van der Waals surface area (Å²) in [4.78, 5) is 15.3. The van der Waals surface area contributed by atoms with Gasteiger partial charge in [-0.2, -0.15) is 0 Å². The van der Waals surface area contributed by atoms with Crippen molar-refractivity contribution in [3.05, 3.63) is 41.5 Å². The molecule has 0 spiro atoms. The molecule has 0 aromatic carbocycles. The van der Waals surface area contributed by atoms with E-state index in [1.165, 1.54) is 6.20 Å². The van der Waals surface area contributed by atoms with Crippen molar-refractivity contribution in [3.8, 4) is 0 Å². The van der Waals surface area contributed by atoms with Gasteiger partial charge in [0.1, 0.15) is 5.82 Å². The van der Waals surface area contributed by atoms with E-state index in [1.54, 1.807) is 18.3 Å². The lowest BCUT2D eigenvalue weighted by atomic mass is 10.2. The van der Waals surface area contributed by atoms with E-state index in [-0.39, 0.29) is 5.91 Å². The minimum absolute atomic E-state index is 0.239. The summed E-state index contributed by atoms with van der Waals surface area (Å²) in [6.45, 7) is 3.66. The van der Waals surface area contributed by atoms with Gasteiger partial charge in [-0.1, -0.05) is 0 Å². The molecule has 1 heterocycles. The van der Waals surface area contributed by atoms with E-state index in [0.29, 0.717) is 11.4 Å². The highest BCUT2D eigenvalue weighted by Gasteiger charge is 2.05. The molecule has 3 N–H and O–H groups in total. The first-order chi connectivity index (χ1) is 6.61. The third kappa shape index (κ3) is 2.58. The molecule has 74 valence electrons. The number of carbonyl (C=O) groups is 1. The summed E-state index contributed by atoms with van der Waals surface area (Å²) in [6.07, 6.45) is 3.11. The van der Waals surface area contributed by atoms with Gasteiger partial charge in [0.2, 0.25) is 0 Å². The van der Waals surface area contributed by atoms with Crippen molar-refractivity contribution in [1.29, 1.82) is 0 Å². The highest BCUT2D eigenvalue weighted by Crippen LogP contribution is 1.98. The van der Waals surface area contributed by atoms with Gasteiger partial charge in [-0.25, -0.2) is 0 Å². The SMILES string of the molecule is CC(C)=C(N)NC(=O)c1cccnc1. The number of nitrogens with two attached hydrogens (primary N) is 1. The van der Waals surface area contributed by atoms with Crippen LogP contribution in [0.15, 0.2) is 35.9 Å². The summed E-state index contributed by atoms with van der Waals surface area (Å²) in [6, 6.07) is 3.38. The monoisotopic (exact) mass is 191 g/mol. The predicted molar refractivity (Wildman–Crippen MR) is 54.3 cm³/mol. The molecule has 0 bridgehead atoms. The van der Waals surface area contributed by atoms with Gasteiger partial charge < -0.3 is 11.1 Å². The zero-order chi connectivity index (χ0) is 10.6. The Bertz CT molecular complexity index is 353. The zero-order valence-corrected chi connectivity index (χ0v) is 8.24. The van der Waals surface area contributed by atoms with Crippen LogP contribution in [0.25, 0.3) is 0 Å². The molecule has 0 aliphatic heterocycles. The minimum Gasteiger partial charge on any atom is -0.385 e. The van der Waals surface area contributed by atoms with Crippen LogP contribution < -0.4 is 11.1 Å². The summed E-state index contributed by atoms with van der Waals surface area (Å²) in [5.74, 6) is 0.149. The van der Waals surface area contributed by atoms with E-state index in [9.17, 15) is 4.79 Å². The maximum absolute atomic E-state index is 11.5. The number of carbonyl (C=O) groups excluding carboxylic acids is 1. The Balaban J connectivity index is 2.75. The molecule has 0 saturated carbocycles.